The maximum Gasteiger partial charge on any atom is 0.136 e. The van der Waals surface area contributed by atoms with Gasteiger partial charge in [-0.3, -0.25) is 0 Å². The Morgan fingerprint density at radius 2 is 1.69 bits per heavy atom. The van der Waals surface area contributed by atoms with E-state index in [4.69, 9.17) is 11.6 Å². The molecule has 0 aromatic carbocycles. The molecule has 3 nitrogen and oxygen atoms in total. The summed E-state index contributed by atoms with van der Waals surface area (Å²) in [6.07, 6.45) is 3.32. The lowest BCUT2D eigenvalue weighted by Crippen LogP contribution is -1.94. The summed E-state index contributed by atoms with van der Waals surface area (Å²) < 4.78 is 1.75. The van der Waals surface area contributed by atoms with E-state index in [1.165, 1.54) is 6.33 Å². The Kier molecular flexibility index (Phi) is 6.74. The molecule has 0 bridgehead atoms. The van der Waals surface area contributed by atoms with E-state index in [1.54, 1.807) is 10.7 Å². The number of aryl methyl sites for hydroxylation is 2. The van der Waals surface area contributed by atoms with Gasteiger partial charge in [0.15, 0.2) is 0 Å². The molecule has 90 valence electrons. The van der Waals surface area contributed by atoms with Crippen LogP contribution < -0.4 is 0 Å². The van der Waals surface area contributed by atoms with Gasteiger partial charge in [0, 0.05) is 6.20 Å². The van der Waals surface area contributed by atoms with Crippen LogP contribution in [0.1, 0.15) is 39.0 Å². The van der Waals surface area contributed by atoms with Gasteiger partial charge in [-0.25, -0.2) is 9.50 Å². The zero-order valence-electron chi connectivity index (χ0n) is 10.9. The summed E-state index contributed by atoms with van der Waals surface area (Å²) in [7, 11) is 0. The lowest BCUT2D eigenvalue weighted by atomic mass is 10.3. The molecule has 2 rings (SSSR count). The first kappa shape index (κ1) is 14.9. The van der Waals surface area contributed by atoms with E-state index in [2.05, 4.69) is 10.1 Å². The van der Waals surface area contributed by atoms with Gasteiger partial charge in [-0.1, -0.05) is 39.3 Å². The largest absolute Gasteiger partial charge is 0.238 e. The predicted octanol–water partition coefficient (Wildman–Crippen LogP) is 4.05. The number of fused-ring (bicyclic) bond motifs is 1. The summed E-state index contributed by atoms with van der Waals surface area (Å²) in [5, 5.41) is 4.78. The number of hydrogen-bond donors (Lipinski definition) is 0. The zero-order valence-corrected chi connectivity index (χ0v) is 11.6. The third-order valence-corrected chi connectivity index (χ3v) is 2.33. The zero-order chi connectivity index (χ0) is 12.7. The maximum absolute atomic E-state index is 5.94. The normalized spacial score (nSPS) is 8.94. The average molecular weight is 242 g/mol. The summed E-state index contributed by atoms with van der Waals surface area (Å²) in [4.78, 5) is 4.09. The van der Waals surface area contributed by atoms with Gasteiger partial charge in [0.1, 0.15) is 6.33 Å². The summed E-state index contributed by atoms with van der Waals surface area (Å²) in [5.74, 6) is 0. The average Bonchev–Trinajstić information content (AvgIpc) is 2.62. The highest BCUT2D eigenvalue weighted by atomic mass is 35.5. The van der Waals surface area contributed by atoms with E-state index in [0.29, 0.717) is 0 Å². The fourth-order valence-corrected chi connectivity index (χ4v) is 1.49. The molecule has 0 aliphatic rings. The molecule has 2 aromatic rings. The molecule has 0 fully saturated rings. The van der Waals surface area contributed by atoms with Gasteiger partial charge in [0.05, 0.1) is 16.2 Å². The van der Waals surface area contributed by atoms with Crippen LogP contribution in [0.4, 0.5) is 0 Å². The van der Waals surface area contributed by atoms with Crippen molar-refractivity contribution in [2.75, 3.05) is 0 Å². The summed E-state index contributed by atoms with van der Waals surface area (Å²) in [6, 6.07) is 0. The molecular formula is C12H20ClN3. The second-order valence-electron chi connectivity index (χ2n) is 2.74. The van der Waals surface area contributed by atoms with Gasteiger partial charge >= 0.3 is 0 Å². The standard InChI is InChI=1S/C8H8ClN3.2C2H6/c1-5-7(9)3-12-8(5)6(2)10-4-11-12;2*1-2/h3-4H,1-2H3;2*1-2H3. The summed E-state index contributed by atoms with van der Waals surface area (Å²) in [5.41, 5.74) is 2.99. The SMILES string of the molecule is CC.CC.Cc1ncnn2cc(Cl)c(C)c12. The van der Waals surface area contributed by atoms with Crippen molar-refractivity contribution in [1.29, 1.82) is 0 Å². The predicted molar refractivity (Wildman–Crippen MR) is 70.2 cm³/mol. The van der Waals surface area contributed by atoms with Crippen LogP contribution in [0.5, 0.6) is 0 Å². The molecular weight excluding hydrogens is 222 g/mol. The minimum absolute atomic E-state index is 0.735. The fourth-order valence-electron chi connectivity index (χ4n) is 1.31. The Balaban J connectivity index is 0.000000509. The first-order valence-corrected chi connectivity index (χ1v) is 6.03. The molecule has 0 aliphatic heterocycles. The Labute approximate surface area is 102 Å². The Morgan fingerprint density at radius 1 is 1.12 bits per heavy atom. The van der Waals surface area contributed by atoms with Gasteiger partial charge in [0.2, 0.25) is 0 Å². The molecule has 16 heavy (non-hydrogen) atoms. The highest BCUT2D eigenvalue weighted by molar-refractivity contribution is 6.31. The monoisotopic (exact) mass is 241 g/mol. The van der Waals surface area contributed by atoms with Crippen molar-refractivity contribution >= 4 is 17.1 Å². The fraction of sp³-hybridized carbons (Fsp3) is 0.500. The molecule has 0 radical (unpaired) electrons. The van der Waals surface area contributed by atoms with E-state index in [1.807, 2.05) is 41.5 Å². The molecule has 0 spiro atoms. The topological polar surface area (TPSA) is 30.2 Å². The molecule has 0 unspecified atom stereocenters. The third-order valence-electron chi connectivity index (χ3n) is 1.95. The molecule has 2 heterocycles. The Morgan fingerprint density at radius 3 is 2.19 bits per heavy atom. The quantitative estimate of drug-likeness (QED) is 0.697. The van der Waals surface area contributed by atoms with Crippen LogP contribution in [0, 0.1) is 13.8 Å². The lowest BCUT2D eigenvalue weighted by Gasteiger charge is -1.96. The summed E-state index contributed by atoms with van der Waals surface area (Å²) >= 11 is 5.94. The minimum Gasteiger partial charge on any atom is -0.238 e. The van der Waals surface area contributed by atoms with Crippen molar-refractivity contribution in [2.24, 2.45) is 0 Å². The van der Waals surface area contributed by atoms with Crippen LogP contribution in [0.2, 0.25) is 5.02 Å². The number of hydrogen-bond acceptors (Lipinski definition) is 2. The maximum atomic E-state index is 5.94. The van der Waals surface area contributed by atoms with Crippen LogP contribution >= 0.6 is 11.6 Å². The second kappa shape index (κ2) is 7.23. The first-order valence-electron chi connectivity index (χ1n) is 5.65. The molecule has 0 saturated carbocycles. The Bertz CT molecular complexity index is 435. The van der Waals surface area contributed by atoms with Gasteiger partial charge in [-0.15, -0.1) is 0 Å². The molecule has 2 aromatic heterocycles. The van der Waals surface area contributed by atoms with Crippen molar-refractivity contribution in [3.8, 4) is 0 Å². The lowest BCUT2D eigenvalue weighted by molar-refractivity contribution is 0.886. The van der Waals surface area contributed by atoms with E-state index >= 15 is 0 Å². The van der Waals surface area contributed by atoms with Crippen molar-refractivity contribution in [3.05, 3.63) is 28.8 Å². The van der Waals surface area contributed by atoms with Gasteiger partial charge in [0.25, 0.3) is 0 Å². The number of aromatic nitrogens is 3. The second-order valence-corrected chi connectivity index (χ2v) is 3.15. The first-order chi connectivity index (χ1) is 7.70. The minimum atomic E-state index is 0.735. The number of nitrogens with zero attached hydrogens (tertiary/aromatic N) is 3. The molecule has 0 N–H and O–H groups in total. The highest BCUT2D eigenvalue weighted by Gasteiger charge is 2.07. The van der Waals surface area contributed by atoms with Crippen molar-refractivity contribution < 1.29 is 0 Å². The van der Waals surface area contributed by atoms with E-state index in [-0.39, 0.29) is 0 Å². The van der Waals surface area contributed by atoms with Crippen LogP contribution in [0.15, 0.2) is 12.5 Å². The molecule has 0 atom stereocenters. The molecule has 0 amide bonds. The Hall–Kier alpha value is -1.09. The van der Waals surface area contributed by atoms with Crippen LogP contribution in [-0.2, 0) is 0 Å². The van der Waals surface area contributed by atoms with Gasteiger partial charge in [-0.05, 0) is 19.4 Å². The van der Waals surface area contributed by atoms with Gasteiger partial charge in [-0.2, -0.15) is 5.10 Å². The van der Waals surface area contributed by atoms with Crippen LogP contribution in [0.3, 0.4) is 0 Å². The van der Waals surface area contributed by atoms with Crippen molar-refractivity contribution in [1.82, 2.24) is 14.6 Å². The van der Waals surface area contributed by atoms with E-state index in [0.717, 1.165) is 21.8 Å². The third kappa shape index (κ3) is 2.95. The number of rotatable bonds is 0. The smallest absolute Gasteiger partial charge is 0.136 e. The molecule has 4 heteroatoms. The van der Waals surface area contributed by atoms with Crippen LogP contribution in [0.25, 0.3) is 5.52 Å². The molecule has 0 saturated heterocycles. The highest BCUT2D eigenvalue weighted by Crippen LogP contribution is 2.22. The number of halogens is 1. The summed E-state index contributed by atoms with van der Waals surface area (Å²) in [6.45, 7) is 11.9. The van der Waals surface area contributed by atoms with Crippen molar-refractivity contribution in [2.45, 2.75) is 41.5 Å². The van der Waals surface area contributed by atoms with E-state index < -0.39 is 0 Å². The molecule has 0 aliphatic carbocycles. The van der Waals surface area contributed by atoms with E-state index in [9.17, 15) is 0 Å². The van der Waals surface area contributed by atoms with Crippen molar-refractivity contribution in [3.63, 3.8) is 0 Å². The van der Waals surface area contributed by atoms with Crippen LogP contribution in [-0.4, -0.2) is 14.6 Å². The van der Waals surface area contributed by atoms with Gasteiger partial charge < -0.3 is 0 Å².